The number of carbonyl (C=O) groups is 3. The van der Waals surface area contributed by atoms with E-state index in [-0.39, 0.29) is 21.6 Å². The molecule has 1 heterocycles. The number of nitrogens with one attached hydrogen (secondary N) is 1. The third-order valence-electron chi connectivity index (χ3n) is 6.74. The molecule has 7 heteroatoms. The zero-order valence-electron chi connectivity index (χ0n) is 24.2. The van der Waals surface area contributed by atoms with Crippen molar-refractivity contribution in [1.29, 1.82) is 0 Å². The van der Waals surface area contributed by atoms with Gasteiger partial charge in [-0.15, -0.1) is 0 Å². The van der Waals surface area contributed by atoms with Crippen LogP contribution in [-0.2, 0) is 20.4 Å². The van der Waals surface area contributed by atoms with Crippen LogP contribution in [0, 0.1) is 13.8 Å². The molecule has 0 atom stereocenters. The second kappa shape index (κ2) is 10.6. The molecule has 0 aromatic heterocycles. The average molecular weight is 559 g/mol. The fourth-order valence-corrected chi connectivity index (χ4v) is 4.80. The number of hydrogen-bond acceptors (Lipinski definition) is 5. The Bertz CT molecular complexity index is 1520. The Morgan fingerprint density at radius 1 is 0.800 bits per heavy atom. The van der Waals surface area contributed by atoms with Crippen molar-refractivity contribution >= 4 is 40.8 Å². The van der Waals surface area contributed by atoms with Crippen molar-refractivity contribution in [1.82, 2.24) is 0 Å². The van der Waals surface area contributed by atoms with Crippen LogP contribution in [-0.4, -0.2) is 17.8 Å². The normalized spacial score (nSPS) is 14.2. The van der Waals surface area contributed by atoms with E-state index in [1.165, 1.54) is 0 Å². The molecule has 3 aromatic rings. The summed E-state index contributed by atoms with van der Waals surface area (Å²) in [6.45, 7) is 16.5. The number of anilines is 2. The summed E-state index contributed by atoms with van der Waals surface area (Å²) in [6, 6.07) is 17.9. The van der Waals surface area contributed by atoms with Crippen molar-refractivity contribution in [3.63, 3.8) is 0 Å². The highest BCUT2D eigenvalue weighted by Gasteiger charge is 2.39. The first-order valence-corrected chi connectivity index (χ1v) is 13.5. The van der Waals surface area contributed by atoms with Crippen LogP contribution in [0.15, 0.2) is 71.4 Å². The molecule has 0 radical (unpaired) electrons. The minimum Gasteiger partial charge on any atom is -0.423 e. The summed E-state index contributed by atoms with van der Waals surface area (Å²) in [5.74, 6) is -1.11. The lowest BCUT2D eigenvalue weighted by molar-refractivity contribution is -0.120. The number of benzene rings is 3. The van der Waals surface area contributed by atoms with E-state index in [1.807, 2.05) is 32.0 Å². The van der Waals surface area contributed by atoms with Crippen LogP contribution in [0.1, 0.15) is 74.2 Å². The quantitative estimate of drug-likeness (QED) is 0.199. The van der Waals surface area contributed by atoms with Crippen molar-refractivity contribution in [2.45, 2.75) is 66.2 Å². The third kappa shape index (κ3) is 5.97. The molecule has 0 saturated carbocycles. The Morgan fingerprint density at radius 3 is 1.95 bits per heavy atom. The summed E-state index contributed by atoms with van der Waals surface area (Å²) >= 11 is 6.29. The second-order valence-corrected chi connectivity index (χ2v) is 12.7. The highest BCUT2D eigenvalue weighted by molar-refractivity contribution is 6.53. The lowest BCUT2D eigenvalue weighted by Gasteiger charge is -2.26. The standard InChI is InChI=1S/C33H35ClN2O4/c1-19-15-20(2)17-24(16-19)36-29(37)27(34)28(30(36)38)35-23-12-9-21(10-13-23)31(39)40-26-14-11-22(32(3,4)5)18-25(26)33(6,7)8/h9-18,35H,1-8H3. The molecule has 40 heavy (non-hydrogen) atoms. The Morgan fingerprint density at radius 2 is 1.40 bits per heavy atom. The van der Waals surface area contributed by atoms with Gasteiger partial charge in [-0.3, -0.25) is 9.59 Å². The van der Waals surface area contributed by atoms with Gasteiger partial charge in [-0.1, -0.05) is 71.3 Å². The van der Waals surface area contributed by atoms with Gasteiger partial charge in [0, 0.05) is 11.3 Å². The van der Waals surface area contributed by atoms with Crippen LogP contribution in [0.2, 0.25) is 0 Å². The van der Waals surface area contributed by atoms with E-state index in [0.29, 0.717) is 22.7 Å². The van der Waals surface area contributed by atoms with Crippen LogP contribution in [0.3, 0.4) is 0 Å². The fraction of sp³-hybridized carbons (Fsp3) is 0.303. The number of carbonyl (C=O) groups excluding carboxylic acids is 3. The highest BCUT2D eigenvalue weighted by Crippen LogP contribution is 2.36. The maximum atomic E-state index is 13.2. The number of rotatable bonds is 5. The van der Waals surface area contributed by atoms with E-state index < -0.39 is 17.8 Å². The summed E-state index contributed by atoms with van der Waals surface area (Å²) in [7, 11) is 0. The van der Waals surface area contributed by atoms with Crippen molar-refractivity contribution in [2.75, 3.05) is 10.2 Å². The molecule has 1 aliphatic heterocycles. The molecule has 6 nitrogen and oxygen atoms in total. The van der Waals surface area contributed by atoms with Crippen molar-refractivity contribution in [3.05, 3.63) is 99.2 Å². The molecule has 1 N–H and O–H groups in total. The monoisotopic (exact) mass is 558 g/mol. The fourth-order valence-electron chi connectivity index (χ4n) is 4.59. The topological polar surface area (TPSA) is 75.7 Å². The maximum Gasteiger partial charge on any atom is 0.343 e. The predicted octanol–water partition coefficient (Wildman–Crippen LogP) is 7.55. The first kappa shape index (κ1) is 29.1. The van der Waals surface area contributed by atoms with Crippen molar-refractivity contribution in [2.24, 2.45) is 0 Å². The lowest BCUT2D eigenvalue weighted by atomic mass is 9.80. The number of nitrogens with zero attached hydrogens (tertiary/aromatic N) is 1. The van der Waals surface area contributed by atoms with Crippen molar-refractivity contribution in [3.8, 4) is 5.75 Å². The summed E-state index contributed by atoms with van der Waals surface area (Å²) in [5.41, 5.74) is 4.99. The maximum absolute atomic E-state index is 13.2. The zero-order chi connectivity index (χ0) is 29.6. The molecule has 0 bridgehead atoms. The van der Waals surface area contributed by atoms with E-state index in [4.69, 9.17) is 16.3 Å². The summed E-state index contributed by atoms with van der Waals surface area (Å²) in [5, 5.41) is 2.76. The summed E-state index contributed by atoms with van der Waals surface area (Å²) < 4.78 is 5.83. The van der Waals surface area contributed by atoms with Gasteiger partial charge in [-0.05, 0) is 83.8 Å². The molecule has 3 aromatic carbocycles. The number of imide groups is 1. The molecular formula is C33H35ClN2O4. The van der Waals surface area contributed by atoms with Crippen LogP contribution < -0.4 is 15.0 Å². The van der Waals surface area contributed by atoms with E-state index >= 15 is 0 Å². The Balaban J connectivity index is 1.52. The molecule has 4 rings (SSSR count). The van der Waals surface area contributed by atoms with Gasteiger partial charge in [0.1, 0.15) is 16.5 Å². The van der Waals surface area contributed by atoms with E-state index in [9.17, 15) is 14.4 Å². The number of aryl methyl sites for hydroxylation is 2. The number of amides is 2. The first-order valence-electron chi connectivity index (χ1n) is 13.2. The SMILES string of the molecule is Cc1cc(C)cc(N2C(=O)C(Cl)=C(Nc3ccc(C(=O)Oc4ccc(C(C)(C)C)cc4C(C)(C)C)cc3)C2=O)c1. The average Bonchev–Trinajstić information content (AvgIpc) is 3.05. The van der Waals surface area contributed by atoms with Crippen LogP contribution in [0.4, 0.5) is 11.4 Å². The number of halogens is 1. The van der Waals surface area contributed by atoms with Crippen LogP contribution >= 0.6 is 11.6 Å². The van der Waals surface area contributed by atoms with Gasteiger partial charge in [0.25, 0.3) is 11.8 Å². The zero-order valence-corrected chi connectivity index (χ0v) is 25.0. The van der Waals surface area contributed by atoms with Gasteiger partial charge in [-0.2, -0.15) is 0 Å². The molecule has 0 unspecified atom stereocenters. The van der Waals surface area contributed by atoms with Gasteiger partial charge in [-0.25, -0.2) is 9.69 Å². The number of ether oxygens (including phenoxy) is 1. The Kier molecular flexibility index (Phi) is 7.70. The smallest absolute Gasteiger partial charge is 0.343 e. The van der Waals surface area contributed by atoms with Crippen LogP contribution in [0.5, 0.6) is 5.75 Å². The molecule has 2 amide bonds. The van der Waals surface area contributed by atoms with Crippen LogP contribution in [0.25, 0.3) is 0 Å². The molecule has 0 aliphatic carbocycles. The molecule has 0 spiro atoms. The largest absolute Gasteiger partial charge is 0.423 e. The molecule has 1 aliphatic rings. The Labute approximate surface area is 241 Å². The van der Waals surface area contributed by atoms with E-state index in [1.54, 1.807) is 36.4 Å². The first-order chi connectivity index (χ1) is 18.6. The van der Waals surface area contributed by atoms with E-state index in [2.05, 4.69) is 52.9 Å². The van der Waals surface area contributed by atoms with Gasteiger partial charge < -0.3 is 10.1 Å². The molecule has 208 valence electrons. The van der Waals surface area contributed by atoms with E-state index in [0.717, 1.165) is 27.2 Å². The van der Waals surface area contributed by atoms with Crippen molar-refractivity contribution < 1.29 is 19.1 Å². The molecule has 0 saturated heterocycles. The molecule has 0 fully saturated rings. The number of hydrogen-bond donors (Lipinski definition) is 1. The number of esters is 1. The lowest BCUT2D eigenvalue weighted by Crippen LogP contribution is -2.32. The predicted molar refractivity (Wildman–Crippen MR) is 160 cm³/mol. The van der Waals surface area contributed by atoms with Gasteiger partial charge in [0.2, 0.25) is 0 Å². The summed E-state index contributed by atoms with van der Waals surface area (Å²) in [4.78, 5) is 40.1. The second-order valence-electron chi connectivity index (χ2n) is 12.3. The minimum absolute atomic E-state index is 0.0186. The highest BCUT2D eigenvalue weighted by atomic mass is 35.5. The minimum atomic E-state index is -0.591. The van der Waals surface area contributed by atoms with Gasteiger partial charge >= 0.3 is 5.97 Å². The third-order valence-corrected chi connectivity index (χ3v) is 7.09. The summed E-state index contributed by atoms with van der Waals surface area (Å²) in [6.07, 6.45) is 0. The Hall–Kier alpha value is -3.90. The van der Waals surface area contributed by atoms with Gasteiger partial charge in [0.05, 0.1) is 11.3 Å². The molecular weight excluding hydrogens is 524 g/mol. The van der Waals surface area contributed by atoms with Gasteiger partial charge in [0.15, 0.2) is 0 Å².